The third kappa shape index (κ3) is 3.14. The fraction of sp³-hybridized carbons (Fsp3) is 0. The fourth-order valence-electron chi connectivity index (χ4n) is 6.12. The molecule has 1 aliphatic heterocycles. The van der Waals surface area contributed by atoms with Gasteiger partial charge in [0.1, 0.15) is 0 Å². The standard InChI is InChI=1S/C36H21N3S/c1-2-9-24-21-31-28(20-23(24)8-1)26-10-3-5-13-30(26)39(31)25-18-16-22(17-19-25)36-37-29-12-7-15-33-34(29)35(38-36)27-11-4-6-14-32(27)40-33/h1-21H. The fourth-order valence-corrected chi connectivity index (χ4v) is 7.23. The summed E-state index contributed by atoms with van der Waals surface area (Å²) >= 11 is 1.80. The Hall–Kier alpha value is -4.93. The van der Waals surface area contributed by atoms with Crippen molar-refractivity contribution in [2.75, 3.05) is 0 Å². The van der Waals surface area contributed by atoms with Crippen LogP contribution in [0.4, 0.5) is 0 Å². The van der Waals surface area contributed by atoms with Gasteiger partial charge in [0.05, 0.1) is 22.2 Å². The number of benzene rings is 6. The number of hydrogen-bond donors (Lipinski definition) is 0. The molecule has 3 nitrogen and oxygen atoms in total. The Kier molecular flexibility index (Phi) is 4.54. The molecule has 0 fully saturated rings. The van der Waals surface area contributed by atoms with Gasteiger partial charge >= 0.3 is 0 Å². The molecule has 0 unspecified atom stereocenters. The Morgan fingerprint density at radius 3 is 2.20 bits per heavy atom. The van der Waals surface area contributed by atoms with Crippen molar-refractivity contribution in [2.24, 2.45) is 0 Å². The molecule has 2 aromatic heterocycles. The highest BCUT2D eigenvalue weighted by Gasteiger charge is 2.22. The molecule has 0 spiro atoms. The van der Waals surface area contributed by atoms with E-state index in [1.54, 1.807) is 11.8 Å². The monoisotopic (exact) mass is 527 g/mol. The molecule has 0 radical (unpaired) electrons. The zero-order valence-electron chi connectivity index (χ0n) is 21.4. The highest BCUT2D eigenvalue weighted by atomic mass is 32.2. The van der Waals surface area contributed by atoms with Crippen molar-refractivity contribution in [3.8, 4) is 28.3 Å². The Morgan fingerprint density at radius 2 is 1.30 bits per heavy atom. The van der Waals surface area contributed by atoms with Gasteiger partial charge in [0.15, 0.2) is 5.82 Å². The van der Waals surface area contributed by atoms with Crippen LogP contribution in [0.3, 0.4) is 0 Å². The molecule has 40 heavy (non-hydrogen) atoms. The molecular formula is C36H21N3S. The summed E-state index contributed by atoms with van der Waals surface area (Å²) in [6, 6.07) is 45.4. The topological polar surface area (TPSA) is 30.7 Å². The summed E-state index contributed by atoms with van der Waals surface area (Å²) in [5, 5.41) is 6.17. The lowest BCUT2D eigenvalue weighted by atomic mass is 10.0. The first-order valence-corrected chi connectivity index (χ1v) is 14.2. The van der Waals surface area contributed by atoms with Gasteiger partial charge in [-0.3, -0.25) is 0 Å². The van der Waals surface area contributed by atoms with Crippen LogP contribution in [0.15, 0.2) is 137 Å². The van der Waals surface area contributed by atoms with Crippen molar-refractivity contribution in [3.05, 3.63) is 127 Å². The van der Waals surface area contributed by atoms with Crippen molar-refractivity contribution in [1.82, 2.24) is 14.5 Å². The number of aromatic nitrogens is 3. The molecule has 4 heteroatoms. The molecule has 0 bridgehead atoms. The van der Waals surface area contributed by atoms with Crippen molar-refractivity contribution in [2.45, 2.75) is 9.79 Å². The molecule has 9 rings (SSSR count). The normalized spacial score (nSPS) is 12.4. The Morgan fingerprint density at radius 1 is 0.550 bits per heavy atom. The minimum absolute atomic E-state index is 0.751. The summed E-state index contributed by atoms with van der Waals surface area (Å²) < 4.78 is 2.37. The maximum atomic E-state index is 5.14. The number of fused-ring (bicyclic) bond motifs is 6. The second-order valence-electron chi connectivity index (χ2n) is 10.3. The van der Waals surface area contributed by atoms with Crippen LogP contribution >= 0.6 is 11.8 Å². The van der Waals surface area contributed by atoms with Gasteiger partial charge < -0.3 is 4.57 Å². The molecule has 1 aliphatic rings. The number of hydrogen-bond acceptors (Lipinski definition) is 3. The van der Waals surface area contributed by atoms with Crippen LogP contribution in [0.5, 0.6) is 0 Å². The van der Waals surface area contributed by atoms with Crippen LogP contribution in [-0.4, -0.2) is 14.5 Å². The summed E-state index contributed by atoms with van der Waals surface area (Å²) in [4.78, 5) is 12.6. The van der Waals surface area contributed by atoms with Crippen LogP contribution in [0.1, 0.15) is 0 Å². The van der Waals surface area contributed by atoms with E-state index in [4.69, 9.17) is 9.97 Å². The minimum Gasteiger partial charge on any atom is -0.309 e. The van der Waals surface area contributed by atoms with Gasteiger partial charge in [-0.25, -0.2) is 9.97 Å². The summed E-state index contributed by atoms with van der Waals surface area (Å²) in [5.41, 5.74) is 7.72. The molecular weight excluding hydrogens is 506 g/mol. The van der Waals surface area contributed by atoms with Gasteiger partial charge in [-0.2, -0.15) is 0 Å². The van der Waals surface area contributed by atoms with Crippen LogP contribution in [0, 0.1) is 0 Å². The Bertz CT molecular complexity index is 2300. The SMILES string of the molecule is c1ccc2c(c1)Sc1cccc3nc(-c4ccc(-n5c6ccccc6c6cc7ccccc7cc65)cc4)nc-2c13. The summed E-state index contributed by atoms with van der Waals surface area (Å²) in [7, 11) is 0. The maximum absolute atomic E-state index is 5.14. The van der Waals surface area contributed by atoms with Crippen molar-refractivity contribution in [1.29, 1.82) is 0 Å². The van der Waals surface area contributed by atoms with Crippen LogP contribution in [0.25, 0.3) is 71.8 Å². The highest BCUT2D eigenvalue weighted by Crippen LogP contribution is 2.47. The first-order chi connectivity index (χ1) is 19.8. The quantitative estimate of drug-likeness (QED) is 0.224. The summed E-state index contributed by atoms with van der Waals surface area (Å²) in [6.07, 6.45) is 0. The average molecular weight is 528 g/mol. The van der Waals surface area contributed by atoms with Gasteiger partial charge in [0.25, 0.3) is 0 Å². The van der Waals surface area contributed by atoms with Crippen molar-refractivity contribution >= 4 is 55.2 Å². The second kappa shape index (κ2) is 8.28. The lowest BCUT2D eigenvalue weighted by Gasteiger charge is -2.19. The van der Waals surface area contributed by atoms with Gasteiger partial charge in [0.2, 0.25) is 0 Å². The van der Waals surface area contributed by atoms with E-state index in [-0.39, 0.29) is 0 Å². The van der Waals surface area contributed by atoms with Gasteiger partial charge in [-0.05, 0) is 71.4 Å². The second-order valence-corrected chi connectivity index (χ2v) is 11.3. The molecule has 6 aromatic carbocycles. The minimum atomic E-state index is 0.751. The van der Waals surface area contributed by atoms with E-state index in [9.17, 15) is 0 Å². The molecule has 0 aliphatic carbocycles. The van der Waals surface area contributed by atoms with Crippen LogP contribution in [-0.2, 0) is 0 Å². The molecule has 3 heterocycles. The van der Waals surface area contributed by atoms with Gasteiger partial charge in [-0.1, -0.05) is 78.5 Å². The van der Waals surface area contributed by atoms with Gasteiger partial charge in [0, 0.05) is 42.8 Å². The van der Waals surface area contributed by atoms with Gasteiger partial charge in [-0.15, -0.1) is 0 Å². The van der Waals surface area contributed by atoms with Crippen molar-refractivity contribution < 1.29 is 0 Å². The zero-order valence-corrected chi connectivity index (χ0v) is 22.2. The number of rotatable bonds is 2. The van der Waals surface area contributed by atoms with E-state index in [0.29, 0.717) is 0 Å². The maximum Gasteiger partial charge on any atom is 0.160 e. The molecule has 8 aromatic rings. The molecule has 0 N–H and O–H groups in total. The lowest BCUT2D eigenvalue weighted by Crippen LogP contribution is -2.00. The summed E-state index contributed by atoms with van der Waals surface area (Å²) in [5.74, 6) is 0.751. The van der Waals surface area contributed by atoms with E-state index in [1.807, 2.05) is 0 Å². The van der Waals surface area contributed by atoms with E-state index in [0.717, 1.165) is 33.7 Å². The first kappa shape index (κ1) is 21.9. The Labute approximate surface area is 234 Å². The largest absolute Gasteiger partial charge is 0.309 e. The number of para-hydroxylation sites is 1. The molecule has 0 amide bonds. The third-order valence-corrected chi connectivity index (χ3v) is 9.11. The van der Waals surface area contributed by atoms with Crippen LogP contribution in [0.2, 0.25) is 0 Å². The number of nitrogens with zero attached hydrogens (tertiary/aromatic N) is 3. The lowest BCUT2D eigenvalue weighted by molar-refractivity contribution is 1.17. The van der Waals surface area contributed by atoms with Crippen LogP contribution < -0.4 is 0 Å². The molecule has 0 saturated carbocycles. The average Bonchev–Trinajstić information content (AvgIpc) is 3.33. The van der Waals surface area contributed by atoms with Crippen molar-refractivity contribution in [3.63, 3.8) is 0 Å². The highest BCUT2D eigenvalue weighted by molar-refractivity contribution is 7.99. The first-order valence-electron chi connectivity index (χ1n) is 13.4. The Balaban J connectivity index is 1.23. The molecule has 186 valence electrons. The molecule has 0 atom stereocenters. The molecule has 0 saturated heterocycles. The predicted molar refractivity (Wildman–Crippen MR) is 166 cm³/mol. The van der Waals surface area contributed by atoms with E-state index in [1.165, 1.54) is 47.9 Å². The third-order valence-electron chi connectivity index (χ3n) is 7.97. The van der Waals surface area contributed by atoms with E-state index in [2.05, 4.69) is 132 Å². The van der Waals surface area contributed by atoms with E-state index >= 15 is 0 Å². The summed E-state index contributed by atoms with van der Waals surface area (Å²) in [6.45, 7) is 0. The predicted octanol–water partition coefficient (Wildman–Crippen LogP) is 9.68. The van der Waals surface area contributed by atoms with E-state index < -0.39 is 0 Å². The smallest absolute Gasteiger partial charge is 0.160 e. The zero-order chi connectivity index (χ0) is 26.2.